The third-order valence-electron chi connectivity index (χ3n) is 3.32. The number of rotatable bonds is 5. The molecule has 2 aromatic rings. The Morgan fingerprint density at radius 1 is 1.33 bits per heavy atom. The van der Waals surface area contributed by atoms with Crippen molar-refractivity contribution in [3.63, 3.8) is 0 Å². The zero-order chi connectivity index (χ0) is 13.1. The van der Waals surface area contributed by atoms with Crippen LogP contribution >= 0.6 is 12.2 Å². The summed E-state index contributed by atoms with van der Waals surface area (Å²) in [5.41, 5.74) is 2.00. The molecule has 3 nitrogen and oxygen atoms in total. The first kappa shape index (κ1) is 13.3. The second-order valence-electron chi connectivity index (χ2n) is 5.35. The smallest absolute Gasteiger partial charge is 0.179 e. The Morgan fingerprint density at radius 3 is 2.83 bits per heavy atom. The van der Waals surface area contributed by atoms with Gasteiger partial charge in [0.2, 0.25) is 0 Å². The third kappa shape index (κ3) is 2.80. The van der Waals surface area contributed by atoms with Crippen LogP contribution in [-0.4, -0.2) is 14.5 Å². The van der Waals surface area contributed by atoms with E-state index in [9.17, 15) is 0 Å². The molecule has 0 aromatic carbocycles. The van der Waals surface area contributed by atoms with Crippen LogP contribution in [0.5, 0.6) is 0 Å². The Kier molecular flexibility index (Phi) is 4.17. The summed E-state index contributed by atoms with van der Waals surface area (Å²) >= 11 is 5.40. The maximum atomic E-state index is 5.40. The number of aromatic amines is 1. The number of pyridine rings is 1. The number of hydrogen-bond donors (Lipinski definition) is 1. The monoisotopic (exact) mass is 263 g/mol. The normalized spacial score (nSPS) is 13.3. The fourth-order valence-corrected chi connectivity index (χ4v) is 2.69. The molecule has 4 heteroatoms. The van der Waals surface area contributed by atoms with Gasteiger partial charge in [0.25, 0.3) is 0 Å². The van der Waals surface area contributed by atoms with Gasteiger partial charge in [-0.3, -0.25) is 4.57 Å². The van der Waals surface area contributed by atoms with E-state index >= 15 is 0 Å². The summed E-state index contributed by atoms with van der Waals surface area (Å²) in [5, 5.41) is 0. The first-order valence-electron chi connectivity index (χ1n) is 6.65. The molecule has 1 atom stereocenters. The Morgan fingerprint density at radius 2 is 2.11 bits per heavy atom. The highest BCUT2D eigenvalue weighted by Gasteiger charge is 2.11. The molecule has 0 radical (unpaired) electrons. The van der Waals surface area contributed by atoms with Crippen molar-refractivity contribution < 1.29 is 0 Å². The van der Waals surface area contributed by atoms with Crippen molar-refractivity contribution in [3.05, 3.63) is 23.1 Å². The number of H-pyrrole nitrogens is 1. The van der Waals surface area contributed by atoms with Gasteiger partial charge in [0, 0.05) is 12.2 Å². The van der Waals surface area contributed by atoms with Crippen molar-refractivity contribution in [2.24, 2.45) is 5.92 Å². The van der Waals surface area contributed by atoms with Crippen LogP contribution in [-0.2, 0) is 0 Å². The van der Waals surface area contributed by atoms with Crippen LogP contribution in [0.25, 0.3) is 11.2 Å². The lowest BCUT2D eigenvalue weighted by molar-refractivity contribution is 0.450. The quantitative estimate of drug-likeness (QED) is 0.807. The number of aromatic nitrogens is 3. The molecule has 2 rings (SSSR count). The van der Waals surface area contributed by atoms with E-state index in [0.29, 0.717) is 6.04 Å². The number of imidazole rings is 1. The minimum atomic E-state index is 0.403. The van der Waals surface area contributed by atoms with Gasteiger partial charge in [-0.05, 0) is 43.6 Å². The first-order chi connectivity index (χ1) is 8.59. The van der Waals surface area contributed by atoms with Gasteiger partial charge < -0.3 is 4.98 Å². The van der Waals surface area contributed by atoms with Gasteiger partial charge in [-0.2, -0.15) is 0 Å². The molecule has 1 N–H and O–H groups in total. The number of fused-ring (bicyclic) bond motifs is 1. The summed E-state index contributed by atoms with van der Waals surface area (Å²) in [6.45, 7) is 6.76. The predicted molar refractivity (Wildman–Crippen MR) is 78.3 cm³/mol. The molecule has 0 aliphatic rings. The molecule has 18 heavy (non-hydrogen) atoms. The van der Waals surface area contributed by atoms with Gasteiger partial charge in [-0.15, -0.1) is 0 Å². The molecule has 2 aromatic heterocycles. The summed E-state index contributed by atoms with van der Waals surface area (Å²) in [7, 11) is 0. The average molecular weight is 263 g/mol. The molecule has 0 aliphatic carbocycles. The van der Waals surface area contributed by atoms with Gasteiger partial charge in [0.15, 0.2) is 10.4 Å². The van der Waals surface area contributed by atoms with Gasteiger partial charge in [0.05, 0.1) is 5.52 Å². The number of nitrogens with zero attached hydrogens (tertiary/aromatic N) is 2. The Bertz CT molecular complexity index is 568. The zero-order valence-electron chi connectivity index (χ0n) is 11.3. The third-order valence-corrected chi connectivity index (χ3v) is 3.62. The summed E-state index contributed by atoms with van der Waals surface area (Å²) in [6.07, 6.45) is 5.48. The van der Waals surface area contributed by atoms with Crippen LogP contribution in [0.3, 0.4) is 0 Å². The highest BCUT2D eigenvalue weighted by atomic mass is 32.1. The molecule has 2 heterocycles. The van der Waals surface area contributed by atoms with Crippen molar-refractivity contribution in [1.29, 1.82) is 0 Å². The van der Waals surface area contributed by atoms with E-state index in [1.165, 1.54) is 12.8 Å². The summed E-state index contributed by atoms with van der Waals surface area (Å²) in [6, 6.07) is 4.36. The summed E-state index contributed by atoms with van der Waals surface area (Å²) in [5.74, 6) is 0.770. The molecule has 0 aliphatic heterocycles. The maximum absolute atomic E-state index is 5.40. The van der Waals surface area contributed by atoms with E-state index in [0.717, 1.165) is 28.3 Å². The van der Waals surface area contributed by atoms with Crippen molar-refractivity contribution in [2.45, 2.75) is 46.1 Å². The molecular formula is C14H21N3S. The maximum Gasteiger partial charge on any atom is 0.179 e. The lowest BCUT2D eigenvalue weighted by atomic mass is 10.0. The van der Waals surface area contributed by atoms with Gasteiger partial charge >= 0.3 is 0 Å². The lowest BCUT2D eigenvalue weighted by Gasteiger charge is -2.14. The first-order valence-corrected chi connectivity index (χ1v) is 7.05. The van der Waals surface area contributed by atoms with Crippen LogP contribution in [0.4, 0.5) is 0 Å². The van der Waals surface area contributed by atoms with E-state index in [4.69, 9.17) is 12.2 Å². The second kappa shape index (κ2) is 5.65. The predicted octanol–water partition coefficient (Wildman–Crippen LogP) is 4.48. The van der Waals surface area contributed by atoms with Crippen molar-refractivity contribution in [1.82, 2.24) is 14.5 Å². The SMILES string of the molecule is CC(C)CCCC(C)n1c(=S)[nH]c2cccnc21. The Labute approximate surface area is 113 Å². The van der Waals surface area contributed by atoms with Crippen LogP contribution in [0.15, 0.2) is 18.3 Å². The summed E-state index contributed by atoms with van der Waals surface area (Å²) < 4.78 is 2.92. The van der Waals surface area contributed by atoms with E-state index < -0.39 is 0 Å². The number of nitrogens with one attached hydrogen (secondary N) is 1. The van der Waals surface area contributed by atoms with Gasteiger partial charge in [-0.1, -0.05) is 26.7 Å². The fraction of sp³-hybridized carbons (Fsp3) is 0.571. The standard InChI is InChI=1S/C14H21N3S/c1-10(2)6-4-7-11(3)17-13-12(16-14(17)18)8-5-9-15-13/h5,8-11H,4,6-7H2,1-3H3,(H,16,18). The van der Waals surface area contributed by atoms with Crippen LogP contribution < -0.4 is 0 Å². The molecule has 0 bridgehead atoms. The Balaban J connectivity index is 2.19. The minimum absolute atomic E-state index is 0.403. The molecule has 1 unspecified atom stereocenters. The second-order valence-corrected chi connectivity index (χ2v) is 5.74. The van der Waals surface area contributed by atoms with Crippen LogP contribution in [0.2, 0.25) is 0 Å². The van der Waals surface area contributed by atoms with Gasteiger partial charge in [0.1, 0.15) is 0 Å². The van der Waals surface area contributed by atoms with Crippen LogP contribution in [0.1, 0.15) is 46.1 Å². The van der Waals surface area contributed by atoms with Crippen molar-refractivity contribution >= 4 is 23.4 Å². The van der Waals surface area contributed by atoms with E-state index in [1.807, 2.05) is 18.3 Å². The Hall–Kier alpha value is -1.16. The topological polar surface area (TPSA) is 33.6 Å². The highest BCUT2D eigenvalue weighted by Crippen LogP contribution is 2.22. The largest absolute Gasteiger partial charge is 0.329 e. The van der Waals surface area contributed by atoms with E-state index in [-0.39, 0.29) is 0 Å². The molecule has 0 spiro atoms. The highest BCUT2D eigenvalue weighted by molar-refractivity contribution is 7.71. The zero-order valence-corrected chi connectivity index (χ0v) is 12.1. The molecule has 0 amide bonds. The molecule has 0 fully saturated rings. The minimum Gasteiger partial charge on any atom is -0.329 e. The van der Waals surface area contributed by atoms with E-state index in [1.54, 1.807) is 0 Å². The molecular weight excluding hydrogens is 242 g/mol. The molecule has 0 saturated carbocycles. The lowest BCUT2D eigenvalue weighted by Crippen LogP contribution is -2.06. The number of hydrogen-bond acceptors (Lipinski definition) is 2. The molecule has 98 valence electrons. The van der Waals surface area contributed by atoms with Crippen LogP contribution in [0, 0.1) is 10.7 Å². The van der Waals surface area contributed by atoms with E-state index in [2.05, 4.69) is 35.3 Å². The summed E-state index contributed by atoms with van der Waals surface area (Å²) in [4.78, 5) is 7.65. The average Bonchev–Trinajstić information content (AvgIpc) is 2.64. The molecule has 0 saturated heterocycles. The van der Waals surface area contributed by atoms with Crippen molar-refractivity contribution in [3.8, 4) is 0 Å². The fourth-order valence-electron chi connectivity index (χ4n) is 2.32. The van der Waals surface area contributed by atoms with Gasteiger partial charge in [-0.25, -0.2) is 4.98 Å². The van der Waals surface area contributed by atoms with Crippen molar-refractivity contribution in [2.75, 3.05) is 0 Å².